The minimum Gasteiger partial charge on any atom is -0.388 e. The van der Waals surface area contributed by atoms with Crippen molar-refractivity contribution < 1.29 is 14.4 Å². The van der Waals surface area contributed by atoms with Gasteiger partial charge < -0.3 is 10.4 Å². The van der Waals surface area contributed by atoms with E-state index in [1.807, 2.05) is 0 Å². The van der Waals surface area contributed by atoms with Crippen LogP contribution in [0.1, 0.15) is 12.0 Å². The third-order valence-electron chi connectivity index (χ3n) is 2.99. The van der Waals surface area contributed by atoms with Crippen molar-refractivity contribution in [1.82, 2.24) is 5.32 Å². The number of benzene rings is 1. The molecule has 1 saturated heterocycles. The molecule has 0 spiro atoms. The van der Waals surface area contributed by atoms with Gasteiger partial charge in [0.15, 0.2) is 0 Å². The number of nitrogens with one attached hydrogen (secondary N) is 1. The van der Waals surface area contributed by atoms with Crippen LogP contribution in [-0.2, 0) is 6.42 Å². The van der Waals surface area contributed by atoms with E-state index in [1.54, 1.807) is 0 Å². The Morgan fingerprint density at radius 3 is 2.88 bits per heavy atom. The van der Waals surface area contributed by atoms with E-state index in [2.05, 4.69) is 5.32 Å². The van der Waals surface area contributed by atoms with Gasteiger partial charge in [-0.2, -0.15) is 0 Å². The number of rotatable bonds is 3. The molecule has 1 aliphatic rings. The Kier molecular flexibility index (Phi) is 3.08. The van der Waals surface area contributed by atoms with Gasteiger partial charge >= 0.3 is 0 Å². The van der Waals surface area contributed by atoms with E-state index < -0.39 is 16.3 Å². The molecule has 6 heteroatoms. The van der Waals surface area contributed by atoms with Crippen molar-refractivity contribution in [2.45, 2.75) is 18.4 Å². The molecule has 0 radical (unpaired) electrons. The second-order valence-corrected chi connectivity index (χ2v) is 4.36. The zero-order chi connectivity index (χ0) is 12.5. The third-order valence-corrected chi connectivity index (χ3v) is 2.99. The van der Waals surface area contributed by atoms with Crippen molar-refractivity contribution in [2.75, 3.05) is 13.1 Å². The number of aliphatic hydroxyl groups is 1. The summed E-state index contributed by atoms with van der Waals surface area (Å²) in [6.45, 7) is 1.12. The van der Waals surface area contributed by atoms with Crippen molar-refractivity contribution in [3.63, 3.8) is 0 Å². The summed E-state index contributed by atoms with van der Waals surface area (Å²) in [5.74, 6) is -0.639. The van der Waals surface area contributed by atoms with E-state index in [-0.39, 0.29) is 12.1 Å². The normalized spacial score (nSPS) is 23.9. The van der Waals surface area contributed by atoms with Crippen molar-refractivity contribution in [2.24, 2.45) is 0 Å². The standard InChI is InChI=1S/C11H13FN2O3/c12-10-5-9(14(16)17)2-1-8(10)6-11(15)3-4-13-7-11/h1-2,5,13,15H,3-4,6-7H2. The monoisotopic (exact) mass is 240 g/mol. The van der Waals surface area contributed by atoms with Gasteiger partial charge in [-0.15, -0.1) is 0 Å². The van der Waals surface area contributed by atoms with Gasteiger partial charge in [-0.3, -0.25) is 10.1 Å². The zero-order valence-electron chi connectivity index (χ0n) is 9.15. The first kappa shape index (κ1) is 11.9. The average molecular weight is 240 g/mol. The van der Waals surface area contributed by atoms with Crippen LogP contribution in [0.25, 0.3) is 0 Å². The number of halogens is 1. The molecule has 1 aromatic carbocycles. The Morgan fingerprint density at radius 2 is 2.35 bits per heavy atom. The molecule has 1 aromatic rings. The molecule has 5 nitrogen and oxygen atoms in total. The summed E-state index contributed by atoms with van der Waals surface area (Å²) in [4.78, 5) is 9.81. The molecule has 0 aliphatic carbocycles. The van der Waals surface area contributed by atoms with Crippen LogP contribution >= 0.6 is 0 Å². The molecule has 0 amide bonds. The van der Waals surface area contributed by atoms with Crippen LogP contribution in [0.2, 0.25) is 0 Å². The van der Waals surface area contributed by atoms with Crippen LogP contribution in [0, 0.1) is 15.9 Å². The number of β-amino-alcohol motifs (C(OH)–C–C–N with tert-alkyl or cyclic N) is 1. The van der Waals surface area contributed by atoms with E-state index >= 15 is 0 Å². The first-order valence-electron chi connectivity index (χ1n) is 5.36. The summed E-state index contributed by atoms with van der Waals surface area (Å²) < 4.78 is 13.6. The molecule has 1 atom stereocenters. The van der Waals surface area contributed by atoms with Crippen LogP contribution in [-0.4, -0.2) is 28.7 Å². The molecule has 0 saturated carbocycles. The van der Waals surface area contributed by atoms with Gasteiger partial charge in [0.2, 0.25) is 0 Å². The van der Waals surface area contributed by atoms with Crippen LogP contribution in [0.3, 0.4) is 0 Å². The maximum atomic E-state index is 13.6. The molecule has 0 bridgehead atoms. The number of nitrogens with zero attached hydrogens (tertiary/aromatic N) is 1. The van der Waals surface area contributed by atoms with Gasteiger partial charge in [0.25, 0.3) is 5.69 Å². The molecular weight excluding hydrogens is 227 g/mol. The molecule has 2 rings (SSSR count). The molecule has 92 valence electrons. The Labute approximate surface area is 97.4 Å². The quantitative estimate of drug-likeness (QED) is 0.610. The molecule has 2 N–H and O–H groups in total. The number of hydrogen-bond donors (Lipinski definition) is 2. The number of non-ortho nitro benzene ring substituents is 1. The lowest BCUT2D eigenvalue weighted by Crippen LogP contribution is -2.34. The third kappa shape index (κ3) is 2.59. The van der Waals surface area contributed by atoms with Crippen molar-refractivity contribution in [3.05, 3.63) is 39.7 Å². The number of nitro groups is 1. The van der Waals surface area contributed by atoms with Crippen molar-refractivity contribution in [1.29, 1.82) is 0 Å². The smallest absolute Gasteiger partial charge is 0.272 e. The summed E-state index contributed by atoms with van der Waals surface area (Å²) in [6.07, 6.45) is 0.729. The Bertz CT molecular complexity index is 444. The fraction of sp³-hybridized carbons (Fsp3) is 0.455. The molecule has 0 aromatic heterocycles. The highest BCUT2D eigenvalue weighted by Crippen LogP contribution is 2.24. The lowest BCUT2D eigenvalue weighted by molar-refractivity contribution is -0.385. The number of nitro benzene ring substituents is 1. The van der Waals surface area contributed by atoms with Gasteiger partial charge in [-0.1, -0.05) is 0 Å². The van der Waals surface area contributed by atoms with Crippen LogP contribution in [0.15, 0.2) is 18.2 Å². The van der Waals surface area contributed by atoms with Crippen molar-refractivity contribution in [3.8, 4) is 0 Å². The fourth-order valence-electron chi connectivity index (χ4n) is 2.03. The van der Waals surface area contributed by atoms with E-state index in [4.69, 9.17) is 0 Å². The minimum atomic E-state index is -0.947. The largest absolute Gasteiger partial charge is 0.388 e. The fourth-order valence-corrected chi connectivity index (χ4v) is 2.03. The van der Waals surface area contributed by atoms with E-state index in [0.717, 1.165) is 6.07 Å². The van der Waals surface area contributed by atoms with E-state index in [0.29, 0.717) is 25.1 Å². The lowest BCUT2D eigenvalue weighted by atomic mass is 9.93. The average Bonchev–Trinajstić information content (AvgIpc) is 2.68. The Morgan fingerprint density at radius 1 is 1.59 bits per heavy atom. The Hall–Kier alpha value is -1.53. The summed E-state index contributed by atoms with van der Waals surface area (Å²) in [5, 5.41) is 23.5. The topological polar surface area (TPSA) is 75.4 Å². The first-order valence-corrected chi connectivity index (χ1v) is 5.36. The molecule has 1 aliphatic heterocycles. The van der Waals surface area contributed by atoms with Gasteiger partial charge in [0, 0.05) is 19.0 Å². The van der Waals surface area contributed by atoms with Gasteiger partial charge in [-0.05, 0) is 24.6 Å². The predicted octanol–water partition coefficient (Wildman–Crippen LogP) is 1.00. The molecule has 1 heterocycles. The summed E-state index contributed by atoms with van der Waals surface area (Å²) in [5.41, 5.74) is -0.915. The first-order chi connectivity index (χ1) is 8.00. The van der Waals surface area contributed by atoms with Gasteiger partial charge in [0.05, 0.1) is 16.6 Å². The summed E-state index contributed by atoms with van der Waals surface area (Å²) >= 11 is 0. The SMILES string of the molecule is O=[N+]([O-])c1ccc(CC2(O)CCNC2)c(F)c1. The van der Waals surface area contributed by atoms with E-state index in [1.165, 1.54) is 12.1 Å². The molecule has 17 heavy (non-hydrogen) atoms. The predicted molar refractivity (Wildman–Crippen MR) is 59.2 cm³/mol. The van der Waals surface area contributed by atoms with E-state index in [9.17, 15) is 19.6 Å². The zero-order valence-corrected chi connectivity index (χ0v) is 9.15. The summed E-state index contributed by atoms with van der Waals surface area (Å²) in [6, 6.07) is 3.51. The molecule has 1 fully saturated rings. The second kappa shape index (κ2) is 4.38. The second-order valence-electron chi connectivity index (χ2n) is 4.36. The van der Waals surface area contributed by atoms with Gasteiger partial charge in [-0.25, -0.2) is 4.39 Å². The molecule has 1 unspecified atom stereocenters. The number of hydrogen-bond acceptors (Lipinski definition) is 4. The minimum absolute atomic E-state index is 0.170. The molecular formula is C11H13FN2O3. The highest BCUT2D eigenvalue weighted by atomic mass is 19.1. The maximum Gasteiger partial charge on any atom is 0.272 e. The van der Waals surface area contributed by atoms with Crippen molar-refractivity contribution >= 4 is 5.69 Å². The highest BCUT2D eigenvalue weighted by Gasteiger charge is 2.32. The van der Waals surface area contributed by atoms with Crippen LogP contribution in [0.4, 0.5) is 10.1 Å². The highest BCUT2D eigenvalue weighted by molar-refractivity contribution is 5.35. The maximum absolute atomic E-state index is 13.6. The lowest BCUT2D eigenvalue weighted by Gasteiger charge is -2.21. The summed E-state index contributed by atoms with van der Waals surface area (Å²) in [7, 11) is 0. The Balaban J connectivity index is 2.19. The van der Waals surface area contributed by atoms with Crippen LogP contribution < -0.4 is 5.32 Å². The van der Waals surface area contributed by atoms with Gasteiger partial charge in [0.1, 0.15) is 5.82 Å². The van der Waals surface area contributed by atoms with Crippen LogP contribution in [0.5, 0.6) is 0 Å².